The van der Waals surface area contributed by atoms with Crippen LogP contribution in [0.3, 0.4) is 0 Å². The molecule has 0 spiro atoms. The molecular formula is C15H18FN3O4. The largest absolute Gasteiger partial charge is 0.481 e. The molecule has 1 aliphatic heterocycles. The van der Waals surface area contributed by atoms with Crippen molar-refractivity contribution >= 4 is 17.9 Å². The number of benzene rings is 1. The highest BCUT2D eigenvalue weighted by Gasteiger charge is 2.24. The number of nitrogens with zero attached hydrogens (tertiary/aromatic N) is 2. The predicted octanol–water partition coefficient (Wildman–Crippen LogP) is 0.768. The zero-order chi connectivity index (χ0) is 16.8. The molecule has 0 atom stereocenters. The molecule has 8 heteroatoms. The van der Waals surface area contributed by atoms with E-state index in [0.717, 1.165) is 0 Å². The average Bonchev–Trinajstić information content (AvgIpc) is 2.54. The van der Waals surface area contributed by atoms with Crippen molar-refractivity contribution in [2.24, 2.45) is 0 Å². The highest BCUT2D eigenvalue weighted by Crippen LogP contribution is 2.10. The first-order valence-electron chi connectivity index (χ1n) is 7.27. The molecule has 0 aromatic heterocycles. The Morgan fingerprint density at radius 2 is 1.78 bits per heavy atom. The molecule has 1 heterocycles. The molecule has 1 aliphatic rings. The van der Waals surface area contributed by atoms with Gasteiger partial charge in [-0.1, -0.05) is 6.07 Å². The first kappa shape index (κ1) is 16.7. The molecule has 0 aliphatic carbocycles. The number of hydrogen-bond donors (Lipinski definition) is 2. The normalized spacial score (nSPS) is 14.5. The number of hydrogen-bond acceptors (Lipinski definition) is 3. The zero-order valence-corrected chi connectivity index (χ0v) is 12.5. The van der Waals surface area contributed by atoms with E-state index < -0.39 is 11.8 Å². The lowest BCUT2D eigenvalue weighted by Gasteiger charge is -2.34. The summed E-state index contributed by atoms with van der Waals surface area (Å²) in [5.41, 5.74) is 0.282. The van der Waals surface area contributed by atoms with Gasteiger partial charge in [-0.2, -0.15) is 0 Å². The zero-order valence-electron chi connectivity index (χ0n) is 12.5. The number of nitrogens with one attached hydrogen (secondary N) is 1. The van der Waals surface area contributed by atoms with Crippen molar-refractivity contribution in [3.63, 3.8) is 0 Å². The summed E-state index contributed by atoms with van der Waals surface area (Å²) in [5.74, 6) is -1.71. The van der Waals surface area contributed by atoms with E-state index in [1.165, 1.54) is 23.1 Å². The molecule has 0 saturated carbocycles. The number of carbonyl (C=O) groups excluding carboxylic acids is 2. The summed E-state index contributed by atoms with van der Waals surface area (Å²) in [6.07, 6.45) is -0.135. The molecule has 0 bridgehead atoms. The van der Waals surface area contributed by atoms with Gasteiger partial charge >= 0.3 is 12.0 Å². The van der Waals surface area contributed by atoms with E-state index in [4.69, 9.17) is 5.11 Å². The van der Waals surface area contributed by atoms with Gasteiger partial charge in [0.15, 0.2) is 0 Å². The maximum Gasteiger partial charge on any atom is 0.317 e. The quantitative estimate of drug-likeness (QED) is 0.856. The van der Waals surface area contributed by atoms with Crippen LogP contribution in [0.5, 0.6) is 0 Å². The summed E-state index contributed by atoms with van der Waals surface area (Å²) in [5, 5.41) is 11.0. The molecule has 2 N–H and O–H groups in total. The minimum Gasteiger partial charge on any atom is -0.481 e. The van der Waals surface area contributed by atoms with Crippen LogP contribution in [0.1, 0.15) is 16.8 Å². The first-order chi connectivity index (χ1) is 11.0. The van der Waals surface area contributed by atoms with Crippen LogP contribution in [0, 0.1) is 5.82 Å². The van der Waals surface area contributed by atoms with Gasteiger partial charge in [-0.25, -0.2) is 9.18 Å². The van der Waals surface area contributed by atoms with Gasteiger partial charge in [0.2, 0.25) is 0 Å². The summed E-state index contributed by atoms with van der Waals surface area (Å²) < 4.78 is 13.2. The summed E-state index contributed by atoms with van der Waals surface area (Å²) in [6.45, 7) is 1.46. The average molecular weight is 323 g/mol. The van der Waals surface area contributed by atoms with E-state index in [2.05, 4.69) is 5.32 Å². The Morgan fingerprint density at radius 1 is 1.13 bits per heavy atom. The number of amides is 3. The number of rotatable bonds is 4. The Labute approximate surface area is 132 Å². The van der Waals surface area contributed by atoms with Crippen LogP contribution in [-0.2, 0) is 4.79 Å². The third-order valence-corrected chi connectivity index (χ3v) is 3.54. The van der Waals surface area contributed by atoms with Crippen LogP contribution in [0.2, 0.25) is 0 Å². The standard InChI is InChI=1S/C15H18FN3O4/c16-12-3-1-2-11(10-12)14(22)18-6-8-19(9-7-18)15(23)17-5-4-13(20)21/h1-3,10H,4-9H2,(H,17,23)(H,20,21). The second kappa shape index (κ2) is 7.57. The van der Waals surface area contributed by atoms with Crippen molar-refractivity contribution < 1.29 is 23.9 Å². The van der Waals surface area contributed by atoms with Crippen molar-refractivity contribution in [2.75, 3.05) is 32.7 Å². The fraction of sp³-hybridized carbons (Fsp3) is 0.400. The molecule has 1 saturated heterocycles. The molecule has 1 fully saturated rings. The van der Waals surface area contributed by atoms with Crippen LogP contribution >= 0.6 is 0 Å². The molecule has 1 aromatic rings. The number of carboxylic acids is 1. The Morgan fingerprint density at radius 3 is 2.39 bits per heavy atom. The van der Waals surface area contributed by atoms with Gasteiger partial charge in [0.1, 0.15) is 5.82 Å². The third-order valence-electron chi connectivity index (χ3n) is 3.54. The highest BCUT2D eigenvalue weighted by atomic mass is 19.1. The Kier molecular flexibility index (Phi) is 5.51. The second-order valence-corrected chi connectivity index (χ2v) is 5.17. The maximum absolute atomic E-state index is 13.2. The van der Waals surface area contributed by atoms with Gasteiger partial charge < -0.3 is 20.2 Å². The first-order valence-corrected chi connectivity index (χ1v) is 7.27. The van der Waals surface area contributed by atoms with Crippen molar-refractivity contribution in [1.29, 1.82) is 0 Å². The van der Waals surface area contributed by atoms with Crippen molar-refractivity contribution in [3.05, 3.63) is 35.6 Å². The lowest BCUT2D eigenvalue weighted by atomic mass is 10.2. The molecule has 3 amide bonds. The van der Waals surface area contributed by atoms with Crippen LogP contribution < -0.4 is 5.32 Å². The summed E-state index contributed by atoms with van der Waals surface area (Å²) in [7, 11) is 0. The van der Waals surface area contributed by atoms with E-state index in [1.807, 2.05) is 0 Å². The predicted molar refractivity (Wildman–Crippen MR) is 79.5 cm³/mol. The molecule has 0 radical (unpaired) electrons. The highest BCUT2D eigenvalue weighted by molar-refractivity contribution is 5.94. The smallest absolute Gasteiger partial charge is 0.317 e. The molecule has 124 valence electrons. The number of halogens is 1. The molecule has 23 heavy (non-hydrogen) atoms. The molecule has 0 unspecified atom stereocenters. The Hall–Kier alpha value is -2.64. The van der Waals surface area contributed by atoms with Crippen molar-refractivity contribution in [1.82, 2.24) is 15.1 Å². The SMILES string of the molecule is O=C(O)CCNC(=O)N1CCN(C(=O)c2cccc(F)c2)CC1. The Bertz CT molecular complexity index is 600. The summed E-state index contributed by atoms with van der Waals surface area (Å²) in [6, 6.07) is 5.15. The minimum atomic E-state index is -0.976. The lowest BCUT2D eigenvalue weighted by molar-refractivity contribution is -0.136. The second-order valence-electron chi connectivity index (χ2n) is 5.17. The van der Waals surface area contributed by atoms with E-state index in [0.29, 0.717) is 26.2 Å². The van der Waals surface area contributed by atoms with E-state index in [9.17, 15) is 18.8 Å². The van der Waals surface area contributed by atoms with Gasteiger partial charge in [0.05, 0.1) is 6.42 Å². The number of urea groups is 1. The molecule has 7 nitrogen and oxygen atoms in total. The summed E-state index contributed by atoms with van der Waals surface area (Å²) >= 11 is 0. The van der Waals surface area contributed by atoms with Crippen LogP contribution in [-0.4, -0.2) is 65.5 Å². The van der Waals surface area contributed by atoms with Gasteiger partial charge in [-0.15, -0.1) is 0 Å². The Balaban J connectivity index is 1.82. The van der Waals surface area contributed by atoms with Crippen LogP contribution in [0.15, 0.2) is 24.3 Å². The maximum atomic E-state index is 13.2. The van der Waals surface area contributed by atoms with Crippen molar-refractivity contribution in [2.45, 2.75) is 6.42 Å². The van der Waals surface area contributed by atoms with Gasteiger partial charge in [-0.3, -0.25) is 9.59 Å². The van der Waals surface area contributed by atoms with Gasteiger partial charge in [0.25, 0.3) is 5.91 Å². The monoisotopic (exact) mass is 323 g/mol. The lowest BCUT2D eigenvalue weighted by Crippen LogP contribution is -2.53. The fourth-order valence-electron chi connectivity index (χ4n) is 2.30. The number of piperazine rings is 1. The number of aliphatic carboxylic acids is 1. The van der Waals surface area contributed by atoms with Gasteiger partial charge in [-0.05, 0) is 18.2 Å². The van der Waals surface area contributed by atoms with Crippen LogP contribution in [0.25, 0.3) is 0 Å². The van der Waals surface area contributed by atoms with E-state index >= 15 is 0 Å². The van der Waals surface area contributed by atoms with Crippen molar-refractivity contribution in [3.8, 4) is 0 Å². The van der Waals surface area contributed by atoms with E-state index in [1.54, 1.807) is 11.0 Å². The molecular weight excluding hydrogens is 305 g/mol. The number of carboxylic acid groups (broad SMARTS) is 1. The van der Waals surface area contributed by atoms with Gasteiger partial charge in [0, 0.05) is 38.3 Å². The minimum absolute atomic E-state index is 0.0661. The molecule has 2 rings (SSSR count). The van der Waals surface area contributed by atoms with E-state index in [-0.39, 0.29) is 30.5 Å². The number of carbonyl (C=O) groups is 3. The summed E-state index contributed by atoms with van der Waals surface area (Å²) in [4.78, 5) is 37.6. The van der Waals surface area contributed by atoms with Crippen LogP contribution in [0.4, 0.5) is 9.18 Å². The molecule has 1 aromatic carbocycles. The fourth-order valence-corrected chi connectivity index (χ4v) is 2.30. The topological polar surface area (TPSA) is 89.9 Å². The third kappa shape index (κ3) is 4.67.